The van der Waals surface area contributed by atoms with Gasteiger partial charge >= 0.3 is 0 Å². The summed E-state index contributed by atoms with van der Waals surface area (Å²) in [6.45, 7) is 16.6. The number of anilines is 2. The first-order chi connectivity index (χ1) is 49.3. The molecule has 0 aliphatic carbocycles. The predicted octanol–water partition coefficient (Wildman–Crippen LogP) is 27.7. The number of amides is 2. The van der Waals surface area contributed by atoms with Gasteiger partial charge in [-0.3, -0.25) is 9.59 Å². The molecular formula is C88H152N2O10. The van der Waals surface area contributed by atoms with Crippen LogP contribution in [0.5, 0.6) is 46.0 Å². The Morgan fingerprint density at radius 2 is 0.400 bits per heavy atom. The second-order valence-corrected chi connectivity index (χ2v) is 28.8. The lowest BCUT2D eigenvalue weighted by atomic mass is 10.1. The summed E-state index contributed by atoms with van der Waals surface area (Å²) in [5.41, 5.74) is 1.32. The van der Waals surface area contributed by atoms with E-state index in [1.807, 2.05) is 0 Å². The third-order valence-electron chi connectivity index (χ3n) is 19.6. The Balaban J connectivity index is 2.06. The van der Waals surface area contributed by atoms with Crippen molar-refractivity contribution in [1.29, 1.82) is 0 Å². The maximum Gasteiger partial charge on any atom is 0.256 e. The number of benzene rings is 3. The van der Waals surface area contributed by atoms with Gasteiger partial charge in [0.2, 0.25) is 11.5 Å². The van der Waals surface area contributed by atoms with E-state index in [0.29, 0.717) is 108 Å². The van der Waals surface area contributed by atoms with Crippen LogP contribution in [0.1, 0.15) is 409 Å². The molecule has 0 aliphatic rings. The van der Waals surface area contributed by atoms with Gasteiger partial charge in [-0.05, 0) is 62.8 Å². The van der Waals surface area contributed by atoms with Crippen molar-refractivity contribution in [1.82, 2.24) is 0 Å². The molecule has 0 unspecified atom stereocenters. The van der Waals surface area contributed by atoms with E-state index in [1.165, 1.54) is 270 Å². The van der Waals surface area contributed by atoms with Crippen LogP contribution in [0.3, 0.4) is 0 Å². The van der Waals surface area contributed by atoms with E-state index in [1.54, 1.807) is 50.6 Å². The monoisotopic (exact) mass is 1400 g/mol. The minimum Gasteiger partial charge on any atom is -0.493 e. The van der Waals surface area contributed by atoms with Crippen molar-refractivity contribution in [3.05, 3.63) is 47.5 Å². The zero-order valence-electron chi connectivity index (χ0n) is 66.0. The SMILES string of the molecule is CCCCCCCCCCCOc1cc(C(=O)Nc2cc(OC)c(OC)cc2NC(=O)c2cc(OCCCCCCCCCCC)c(OCCCCCCCCCCC)c(OCCCCCCCCCCC)c2)cc(OCCCCCCCCCCC)c1OCCCCCCCCCCC. The highest BCUT2D eigenvalue weighted by molar-refractivity contribution is 6.11. The van der Waals surface area contributed by atoms with Gasteiger partial charge in [0, 0.05) is 23.3 Å². The number of methoxy groups -OCH3 is 2. The minimum atomic E-state index is -0.415. The second-order valence-electron chi connectivity index (χ2n) is 28.8. The van der Waals surface area contributed by atoms with Gasteiger partial charge in [0.1, 0.15) is 0 Å². The summed E-state index contributed by atoms with van der Waals surface area (Å²) in [4.78, 5) is 30.3. The van der Waals surface area contributed by atoms with Crippen LogP contribution >= 0.6 is 0 Å². The van der Waals surface area contributed by atoms with Crippen molar-refractivity contribution in [3.63, 3.8) is 0 Å². The van der Waals surface area contributed by atoms with Gasteiger partial charge in [-0.15, -0.1) is 0 Å². The molecular weight excluding hydrogens is 1240 g/mol. The number of unbranched alkanes of at least 4 members (excludes halogenated alkanes) is 48. The first-order valence-electron chi connectivity index (χ1n) is 42.3. The zero-order chi connectivity index (χ0) is 71.8. The molecule has 0 radical (unpaired) electrons. The Bertz CT molecular complexity index is 2170. The molecule has 0 saturated carbocycles. The van der Waals surface area contributed by atoms with E-state index in [-0.39, 0.29) is 0 Å². The number of ether oxygens (including phenoxy) is 8. The van der Waals surface area contributed by atoms with Gasteiger partial charge in [-0.25, -0.2) is 0 Å². The van der Waals surface area contributed by atoms with Crippen molar-refractivity contribution in [3.8, 4) is 46.0 Å². The summed E-state index contributed by atoms with van der Waals surface area (Å²) in [5, 5.41) is 6.37. The minimum absolute atomic E-state index is 0.320. The number of carbonyl (C=O) groups is 2. The van der Waals surface area contributed by atoms with Crippen LogP contribution in [0.4, 0.5) is 11.4 Å². The summed E-state index contributed by atoms with van der Waals surface area (Å²) < 4.78 is 52.0. The summed E-state index contributed by atoms with van der Waals surface area (Å²) >= 11 is 0. The first-order valence-corrected chi connectivity index (χ1v) is 42.3. The molecule has 0 aromatic heterocycles. The largest absolute Gasteiger partial charge is 0.493 e. The molecule has 3 aromatic rings. The fraction of sp³-hybridized carbons (Fsp3) is 0.773. The van der Waals surface area contributed by atoms with Crippen molar-refractivity contribution in [2.75, 3.05) is 64.5 Å². The highest BCUT2D eigenvalue weighted by Crippen LogP contribution is 2.43. The maximum absolute atomic E-state index is 15.1. The van der Waals surface area contributed by atoms with Crippen LogP contribution < -0.4 is 48.5 Å². The standard InChI is InChI=1S/C88H152N2O10/c1-9-15-21-27-33-39-45-51-57-63-95-81-69-75(70-82(96-64-58-52-46-40-34-28-22-16-10-2)85(81)99-67-61-55-49-43-37-31-25-19-13-5)87(91)89-77-73-79(93-7)80(94-8)74-78(77)90-88(92)76-71-83(97-65-59-53-47-41-35-29-23-17-11-3)86(100-68-62-56-50-44-38-32-26-20-14-6)84(72-76)98-66-60-54-48-42-36-30-24-18-12-4/h69-74H,9-68H2,1-8H3,(H,89,91)(H,90,92). The maximum atomic E-state index is 15.1. The Morgan fingerprint density at radius 1 is 0.230 bits per heavy atom. The van der Waals surface area contributed by atoms with E-state index < -0.39 is 11.8 Å². The van der Waals surface area contributed by atoms with Crippen LogP contribution in [0.2, 0.25) is 0 Å². The van der Waals surface area contributed by atoms with E-state index in [9.17, 15) is 0 Å². The summed E-state index contributed by atoms with van der Waals surface area (Å²) in [7, 11) is 3.13. The molecule has 100 heavy (non-hydrogen) atoms. The Morgan fingerprint density at radius 3 is 0.580 bits per heavy atom. The molecule has 2 N–H and O–H groups in total. The smallest absolute Gasteiger partial charge is 0.256 e. The molecule has 0 saturated heterocycles. The Hall–Kier alpha value is -5.00. The summed E-state index contributed by atoms with van der Waals surface area (Å²) in [5.74, 6) is 3.04. The molecule has 0 fully saturated rings. The normalized spacial score (nSPS) is 11.3. The number of hydrogen-bond acceptors (Lipinski definition) is 10. The average Bonchev–Trinajstić information content (AvgIpc) is 0.810. The van der Waals surface area contributed by atoms with E-state index in [0.717, 1.165) is 77.0 Å². The lowest BCUT2D eigenvalue weighted by molar-refractivity contribution is 0.101. The predicted molar refractivity (Wildman–Crippen MR) is 425 cm³/mol. The van der Waals surface area contributed by atoms with Gasteiger partial charge in [0.05, 0.1) is 65.2 Å². The summed E-state index contributed by atoms with van der Waals surface area (Å²) in [6, 6.07) is 10.6. The molecule has 0 heterocycles. The van der Waals surface area contributed by atoms with Crippen molar-refractivity contribution >= 4 is 23.2 Å². The van der Waals surface area contributed by atoms with E-state index >= 15 is 9.59 Å². The fourth-order valence-electron chi connectivity index (χ4n) is 13.2. The third-order valence-corrected chi connectivity index (χ3v) is 19.6. The van der Waals surface area contributed by atoms with Gasteiger partial charge < -0.3 is 48.5 Å². The number of carbonyl (C=O) groups excluding carboxylic acids is 2. The van der Waals surface area contributed by atoms with Gasteiger partial charge in [0.25, 0.3) is 11.8 Å². The summed E-state index contributed by atoms with van der Waals surface area (Å²) in [6.07, 6.45) is 65.0. The van der Waals surface area contributed by atoms with Crippen LogP contribution in [0.25, 0.3) is 0 Å². The zero-order valence-corrected chi connectivity index (χ0v) is 66.0. The number of rotatable bonds is 72. The van der Waals surface area contributed by atoms with Gasteiger partial charge in [0.15, 0.2) is 34.5 Å². The quantitative estimate of drug-likeness (QED) is 0.0527. The highest BCUT2D eigenvalue weighted by atomic mass is 16.6. The van der Waals surface area contributed by atoms with Crippen molar-refractivity contribution in [2.24, 2.45) is 0 Å². The van der Waals surface area contributed by atoms with Crippen LogP contribution in [0.15, 0.2) is 36.4 Å². The first kappa shape index (κ1) is 89.2. The fourth-order valence-corrected chi connectivity index (χ4v) is 13.2. The molecule has 574 valence electrons. The van der Waals surface area contributed by atoms with Crippen LogP contribution in [0, 0.1) is 0 Å². The third kappa shape index (κ3) is 43.2. The Labute approximate surface area is 613 Å². The Kier molecular flexibility index (Phi) is 56.8. The van der Waals surface area contributed by atoms with Crippen LogP contribution in [-0.2, 0) is 0 Å². The van der Waals surface area contributed by atoms with Crippen molar-refractivity contribution in [2.45, 2.75) is 388 Å². The molecule has 0 bridgehead atoms. The molecule has 0 atom stereocenters. The number of nitrogens with one attached hydrogen (secondary N) is 2. The molecule has 2 amide bonds. The average molecular weight is 1400 g/mol. The second kappa shape index (κ2) is 63.7. The van der Waals surface area contributed by atoms with Gasteiger partial charge in [-0.1, -0.05) is 350 Å². The molecule has 3 rings (SSSR count). The molecule has 3 aromatic carbocycles. The lowest BCUT2D eigenvalue weighted by Gasteiger charge is -2.20. The highest BCUT2D eigenvalue weighted by Gasteiger charge is 2.25. The van der Waals surface area contributed by atoms with E-state index in [2.05, 4.69) is 52.2 Å². The van der Waals surface area contributed by atoms with Crippen molar-refractivity contribution < 1.29 is 47.5 Å². The molecule has 0 aliphatic heterocycles. The van der Waals surface area contributed by atoms with Gasteiger partial charge in [-0.2, -0.15) is 0 Å². The lowest BCUT2D eigenvalue weighted by Crippen LogP contribution is -2.18. The topological polar surface area (TPSA) is 132 Å². The molecule has 12 heteroatoms. The molecule has 12 nitrogen and oxygen atoms in total. The van der Waals surface area contributed by atoms with E-state index in [4.69, 9.17) is 37.9 Å². The number of hydrogen-bond donors (Lipinski definition) is 2. The molecule has 0 spiro atoms. The van der Waals surface area contributed by atoms with Crippen LogP contribution in [-0.4, -0.2) is 65.7 Å².